The van der Waals surface area contributed by atoms with Gasteiger partial charge in [0, 0.05) is 30.5 Å². The maximum Gasteiger partial charge on any atom is 0.251 e. The molecule has 7 nitrogen and oxygen atoms in total. The van der Waals surface area contributed by atoms with E-state index in [0.717, 1.165) is 6.42 Å². The molecule has 1 atom stereocenters. The normalized spacial score (nSPS) is 12.8. The maximum atomic E-state index is 12.4. The highest BCUT2D eigenvalue weighted by Crippen LogP contribution is 2.11. The number of carbonyl (C=O) groups is 1. The molecule has 0 aliphatic rings. The number of hydrogen-bond donors (Lipinski definition) is 2. The van der Waals surface area contributed by atoms with Gasteiger partial charge in [0.1, 0.15) is 0 Å². The molecule has 0 unspecified atom stereocenters. The van der Waals surface area contributed by atoms with Crippen LogP contribution in [0.15, 0.2) is 47.6 Å². The lowest BCUT2D eigenvalue weighted by molar-refractivity contribution is 0.0953. The number of carbonyl (C=O) groups excluding carboxylic acids is 1. The maximum absolute atomic E-state index is 12.4. The lowest BCUT2D eigenvalue weighted by Crippen LogP contribution is -2.35. The SMILES string of the molecule is CCCNC(=O)c1ccc(S(=O)(=O)N[C@@H](C)Cn2cccn2)cc1. The van der Waals surface area contributed by atoms with Gasteiger partial charge in [0.15, 0.2) is 0 Å². The summed E-state index contributed by atoms with van der Waals surface area (Å²) in [4.78, 5) is 12.0. The van der Waals surface area contributed by atoms with Crippen LogP contribution in [0.25, 0.3) is 0 Å². The summed E-state index contributed by atoms with van der Waals surface area (Å²) in [5, 5.41) is 6.80. The Hall–Kier alpha value is -2.19. The summed E-state index contributed by atoms with van der Waals surface area (Å²) in [5.74, 6) is -0.208. The van der Waals surface area contributed by atoms with Gasteiger partial charge in [0.2, 0.25) is 10.0 Å². The molecule has 0 saturated heterocycles. The first-order valence-electron chi connectivity index (χ1n) is 7.80. The van der Waals surface area contributed by atoms with Crippen LogP contribution in [0.1, 0.15) is 30.6 Å². The van der Waals surface area contributed by atoms with Gasteiger partial charge in [-0.15, -0.1) is 0 Å². The van der Waals surface area contributed by atoms with E-state index in [9.17, 15) is 13.2 Å². The van der Waals surface area contributed by atoms with Crippen LogP contribution in [0, 0.1) is 0 Å². The fourth-order valence-corrected chi connectivity index (χ4v) is 3.42. The number of hydrogen-bond acceptors (Lipinski definition) is 4. The minimum absolute atomic E-state index is 0.127. The molecule has 0 radical (unpaired) electrons. The Morgan fingerprint density at radius 3 is 2.58 bits per heavy atom. The van der Waals surface area contributed by atoms with Crippen LogP contribution in [0.3, 0.4) is 0 Å². The zero-order chi connectivity index (χ0) is 17.6. The summed E-state index contributed by atoms with van der Waals surface area (Å²) >= 11 is 0. The molecule has 2 N–H and O–H groups in total. The van der Waals surface area contributed by atoms with Crippen molar-refractivity contribution in [2.75, 3.05) is 6.54 Å². The van der Waals surface area contributed by atoms with E-state index >= 15 is 0 Å². The van der Waals surface area contributed by atoms with Crippen molar-refractivity contribution in [3.05, 3.63) is 48.3 Å². The summed E-state index contributed by atoms with van der Waals surface area (Å²) in [5.41, 5.74) is 0.437. The van der Waals surface area contributed by atoms with Crippen molar-refractivity contribution in [1.29, 1.82) is 0 Å². The third-order valence-corrected chi connectivity index (χ3v) is 4.94. The van der Waals surface area contributed by atoms with Crippen molar-refractivity contribution in [2.24, 2.45) is 0 Å². The molecule has 0 bridgehead atoms. The van der Waals surface area contributed by atoms with Crippen LogP contribution in [0.4, 0.5) is 0 Å². The van der Waals surface area contributed by atoms with Crippen LogP contribution in [0.5, 0.6) is 0 Å². The molecular formula is C16H22N4O3S. The van der Waals surface area contributed by atoms with E-state index in [-0.39, 0.29) is 16.8 Å². The van der Waals surface area contributed by atoms with Gasteiger partial charge in [-0.3, -0.25) is 9.48 Å². The van der Waals surface area contributed by atoms with E-state index in [0.29, 0.717) is 18.7 Å². The zero-order valence-electron chi connectivity index (χ0n) is 13.8. The Kier molecular flexibility index (Phi) is 6.10. The molecule has 24 heavy (non-hydrogen) atoms. The molecule has 0 saturated carbocycles. The first-order chi connectivity index (χ1) is 11.4. The number of rotatable bonds is 8. The summed E-state index contributed by atoms with van der Waals surface area (Å²) in [7, 11) is -3.64. The summed E-state index contributed by atoms with van der Waals surface area (Å²) in [6.45, 7) is 4.76. The average Bonchev–Trinajstić information content (AvgIpc) is 3.05. The monoisotopic (exact) mass is 350 g/mol. The fourth-order valence-electron chi connectivity index (χ4n) is 2.19. The van der Waals surface area contributed by atoms with E-state index < -0.39 is 10.0 Å². The molecule has 1 amide bonds. The molecule has 130 valence electrons. The smallest absolute Gasteiger partial charge is 0.251 e. The molecule has 1 aromatic carbocycles. The van der Waals surface area contributed by atoms with Crippen LogP contribution in [-0.2, 0) is 16.6 Å². The highest BCUT2D eigenvalue weighted by atomic mass is 32.2. The Morgan fingerprint density at radius 2 is 2.00 bits per heavy atom. The van der Waals surface area contributed by atoms with Crippen molar-refractivity contribution in [2.45, 2.75) is 37.8 Å². The second-order valence-electron chi connectivity index (χ2n) is 5.53. The van der Waals surface area contributed by atoms with Crippen LogP contribution in [-0.4, -0.2) is 36.7 Å². The average molecular weight is 350 g/mol. The lowest BCUT2D eigenvalue weighted by Gasteiger charge is -2.14. The van der Waals surface area contributed by atoms with Crippen LogP contribution < -0.4 is 10.0 Å². The van der Waals surface area contributed by atoms with Crippen LogP contribution in [0.2, 0.25) is 0 Å². The summed E-state index contributed by atoms with van der Waals surface area (Å²) < 4.78 is 29.0. The van der Waals surface area contributed by atoms with Gasteiger partial charge >= 0.3 is 0 Å². The fraction of sp³-hybridized carbons (Fsp3) is 0.375. The number of sulfonamides is 1. The minimum atomic E-state index is -3.64. The van der Waals surface area contributed by atoms with Gasteiger partial charge in [-0.1, -0.05) is 6.92 Å². The third-order valence-electron chi connectivity index (χ3n) is 3.34. The first kappa shape index (κ1) is 18.2. The van der Waals surface area contributed by atoms with Gasteiger partial charge in [-0.25, -0.2) is 13.1 Å². The molecule has 2 aromatic rings. The second kappa shape index (κ2) is 8.07. The van der Waals surface area contributed by atoms with Gasteiger partial charge < -0.3 is 5.32 Å². The molecular weight excluding hydrogens is 328 g/mol. The third kappa shape index (κ3) is 4.90. The van der Waals surface area contributed by atoms with Gasteiger partial charge in [0.05, 0.1) is 11.4 Å². The quantitative estimate of drug-likeness (QED) is 0.752. The van der Waals surface area contributed by atoms with Gasteiger partial charge in [0.25, 0.3) is 5.91 Å². The van der Waals surface area contributed by atoms with E-state index in [4.69, 9.17) is 0 Å². The van der Waals surface area contributed by atoms with Crippen molar-refractivity contribution in [3.8, 4) is 0 Å². The van der Waals surface area contributed by atoms with Crippen molar-refractivity contribution in [1.82, 2.24) is 19.8 Å². The Bertz CT molecular complexity index is 755. The standard InChI is InChI=1S/C16H22N4O3S/c1-3-9-17-16(21)14-5-7-15(8-6-14)24(22,23)19-13(2)12-20-11-4-10-18-20/h4-8,10-11,13,19H,3,9,12H2,1-2H3,(H,17,21)/t13-/m0/s1. The Balaban J connectivity index is 2.02. The minimum Gasteiger partial charge on any atom is -0.352 e. The lowest BCUT2D eigenvalue weighted by atomic mass is 10.2. The second-order valence-corrected chi connectivity index (χ2v) is 7.24. The molecule has 8 heteroatoms. The van der Waals surface area contributed by atoms with Gasteiger partial charge in [-0.05, 0) is 43.7 Å². The highest BCUT2D eigenvalue weighted by Gasteiger charge is 2.18. The predicted molar refractivity (Wildman–Crippen MR) is 91.1 cm³/mol. The summed E-state index contributed by atoms with van der Waals surface area (Å²) in [6.07, 6.45) is 4.26. The highest BCUT2D eigenvalue weighted by molar-refractivity contribution is 7.89. The summed E-state index contributed by atoms with van der Waals surface area (Å²) in [6, 6.07) is 7.36. The zero-order valence-corrected chi connectivity index (χ0v) is 14.6. The Morgan fingerprint density at radius 1 is 1.29 bits per heavy atom. The van der Waals surface area contributed by atoms with E-state index in [2.05, 4.69) is 15.1 Å². The Labute approximate surface area is 142 Å². The number of amides is 1. The van der Waals surface area contributed by atoms with Gasteiger partial charge in [-0.2, -0.15) is 5.10 Å². The van der Waals surface area contributed by atoms with Crippen molar-refractivity contribution >= 4 is 15.9 Å². The van der Waals surface area contributed by atoms with Crippen molar-refractivity contribution in [3.63, 3.8) is 0 Å². The molecule has 2 rings (SSSR count). The topological polar surface area (TPSA) is 93.1 Å². The largest absolute Gasteiger partial charge is 0.352 e. The molecule has 1 aromatic heterocycles. The molecule has 0 aliphatic carbocycles. The van der Waals surface area contributed by atoms with E-state index in [1.807, 2.05) is 6.92 Å². The number of nitrogens with one attached hydrogen (secondary N) is 2. The number of benzene rings is 1. The number of aromatic nitrogens is 2. The molecule has 0 fully saturated rings. The van der Waals surface area contributed by atoms with E-state index in [1.54, 1.807) is 30.1 Å². The molecule has 1 heterocycles. The molecule has 0 spiro atoms. The van der Waals surface area contributed by atoms with E-state index in [1.165, 1.54) is 24.3 Å². The van der Waals surface area contributed by atoms with Crippen molar-refractivity contribution < 1.29 is 13.2 Å². The molecule has 0 aliphatic heterocycles. The predicted octanol–water partition coefficient (Wildman–Crippen LogP) is 1.39. The number of nitrogens with zero attached hydrogens (tertiary/aromatic N) is 2. The first-order valence-corrected chi connectivity index (χ1v) is 9.28. The van der Waals surface area contributed by atoms with Crippen LogP contribution >= 0.6 is 0 Å².